The lowest BCUT2D eigenvalue weighted by Crippen LogP contribution is -2.13. The van der Waals surface area contributed by atoms with Crippen molar-refractivity contribution < 1.29 is 0 Å². The van der Waals surface area contributed by atoms with Crippen molar-refractivity contribution in [2.24, 2.45) is 0 Å². The van der Waals surface area contributed by atoms with Crippen LogP contribution in [-0.4, -0.2) is 30.5 Å². The van der Waals surface area contributed by atoms with E-state index in [4.69, 9.17) is 23.2 Å². The monoisotopic (exact) mass is 246 g/mol. The van der Waals surface area contributed by atoms with E-state index in [9.17, 15) is 0 Å². The molecule has 0 atom stereocenters. The maximum absolute atomic E-state index is 6.03. The lowest BCUT2D eigenvalue weighted by atomic mass is 10.2. The second kappa shape index (κ2) is 6.31. The zero-order valence-corrected chi connectivity index (χ0v) is 10.6. The number of rotatable bonds is 5. The van der Waals surface area contributed by atoms with Crippen molar-refractivity contribution in [3.05, 3.63) is 28.0 Å². The maximum atomic E-state index is 6.03. The summed E-state index contributed by atoms with van der Waals surface area (Å²) in [5, 5.41) is 1.19. The molecule has 0 radical (unpaired) electrons. The van der Waals surface area contributed by atoms with Crippen LogP contribution in [0.25, 0.3) is 0 Å². The average molecular weight is 247 g/mol. The van der Waals surface area contributed by atoms with E-state index in [1.54, 1.807) is 12.3 Å². The van der Waals surface area contributed by atoms with E-state index >= 15 is 0 Å². The Bertz CT molecular complexity index is 313. The van der Waals surface area contributed by atoms with E-state index in [2.05, 4.69) is 24.0 Å². The zero-order valence-electron chi connectivity index (χ0n) is 9.13. The van der Waals surface area contributed by atoms with E-state index in [-0.39, 0.29) is 0 Å². The number of halogens is 2. The normalized spacial score (nSPS) is 11.0. The van der Waals surface area contributed by atoms with Gasteiger partial charge < -0.3 is 4.90 Å². The van der Waals surface area contributed by atoms with E-state index in [1.165, 1.54) is 0 Å². The Balaban J connectivity index is 2.41. The van der Waals surface area contributed by atoms with Gasteiger partial charge in [-0.1, -0.05) is 23.2 Å². The van der Waals surface area contributed by atoms with Crippen LogP contribution in [0.1, 0.15) is 18.5 Å². The Labute approximate surface area is 101 Å². The third-order valence-electron chi connectivity index (χ3n) is 2.18. The highest BCUT2D eigenvalue weighted by molar-refractivity contribution is 6.42. The molecule has 0 aliphatic heterocycles. The zero-order chi connectivity index (χ0) is 11.3. The Morgan fingerprint density at radius 1 is 1.27 bits per heavy atom. The largest absolute Gasteiger partial charge is 0.309 e. The SMILES string of the molecule is CN(C)CCCCc1nccc(Cl)c1Cl. The molecule has 1 aromatic rings. The highest BCUT2D eigenvalue weighted by Gasteiger charge is 2.05. The Hall–Kier alpha value is -0.310. The van der Waals surface area contributed by atoms with Crippen LogP contribution in [-0.2, 0) is 6.42 Å². The molecule has 0 spiro atoms. The molecule has 0 unspecified atom stereocenters. The molecule has 0 N–H and O–H groups in total. The Morgan fingerprint density at radius 3 is 2.67 bits per heavy atom. The minimum atomic E-state index is 0.592. The molecular formula is C11H16Cl2N2. The van der Waals surface area contributed by atoms with Gasteiger partial charge in [0.1, 0.15) is 0 Å². The fraction of sp³-hybridized carbons (Fsp3) is 0.545. The second-order valence-corrected chi connectivity index (χ2v) is 4.60. The number of hydrogen-bond acceptors (Lipinski definition) is 2. The molecule has 0 aliphatic carbocycles. The van der Waals surface area contributed by atoms with Crippen LogP contribution in [0, 0.1) is 0 Å². The van der Waals surface area contributed by atoms with Crippen LogP contribution < -0.4 is 0 Å². The van der Waals surface area contributed by atoms with Crippen LogP contribution in [0.3, 0.4) is 0 Å². The van der Waals surface area contributed by atoms with E-state index in [0.717, 1.165) is 31.5 Å². The van der Waals surface area contributed by atoms with Gasteiger partial charge in [0.2, 0.25) is 0 Å². The minimum absolute atomic E-state index is 0.592. The molecule has 0 amide bonds. The number of pyridine rings is 1. The van der Waals surface area contributed by atoms with Crippen molar-refractivity contribution in [1.29, 1.82) is 0 Å². The highest BCUT2D eigenvalue weighted by Crippen LogP contribution is 2.24. The summed E-state index contributed by atoms with van der Waals surface area (Å²) in [4.78, 5) is 6.40. The second-order valence-electron chi connectivity index (χ2n) is 3.81. The first-order valence-electron chi connectivity index (χ1n) is 5.05. The summed E-state index contributed by atoms with van der Waals surface area (Å²) < 4.78 is 0. The number of nitrogens with zero attached hydrogens (tertiary/aromatic N) is 2. The first-order valence-corrected chi connectivity index (χ1v) is 5.80. The van der Waals surface area contributed by atoms with Gasteiger partial charge in [0.25, 0.3) is 0 Å². The molecule has 2 nitrogen and oxygen atoms in total. The Kier molecular flexibility index (Phi) is 5.37. The van der Waals surface area contributed by atoms with Gasteiger partial charge >= 0.3 is 0 Å². The highest BCUT2D eigenvalue weighted by atomic mass is 35.5. The molecule has 0 aliphatic rings. The molecule has 4 heteroatoms. The minimum Gasteiger partial charge on any atom is -0.309 e. The molecule has 15 heavy (non-hydrogen) atoms. The molecule has 1 heterocycles. The lowest BCUT2D eigenvalue weighted by molar-refractivity contribution is 0.394. The third kappa shape index (κ3) is 4.37. The molecule has 84 valence electrons. The van der Waals surface area contributed by atoms with Crippen LogP contribution >= 0.6 is 23.2 Å². The van der Waals surface area contributed by atoms with Gasteiger partial charge in [-0.25, -0.2) is 0 Å². The van der Waals surface area contributed by atoms with Crippen molar-refractivity contribution >= 4 is 23.2 Å². The molecule has 1 aromatic heterocycles. The average Bonchev–Trinajstić information content (AvgIpc) is 2.18. The Morgan fingerprint density at radius 2 is 2.00 bits per heavy atom. The van der Waals surface area contributed by atoms with Crippen molar-refractivity contribution in [2.75, 3.05) is 20.6 Å². The molecule has 0 bridgehead atoms. The summed E-state index contributed by atoms with van der Waals surface area (Å²) in [6.07, 6.45) is 4.84. The van der Waals surface area contributed by atoms with Crippen LogP contribution in [0.2, 0.25) is 10.0 Å². The van der Waals surface area contributed by atoms with Crippen LogP contribution in [0.5, 0.6) is 0 Å². The predicted molar refractivity (Wildman–Crippen MR) is 65.7 cm³/mol. The molecule has 0 saturated heterocycles. The molecule has 0 aromatic carbocycles. The molecule has 0 saturated carbocycles. The standard InChI is InChI=1S/C11H16Cl2N2/c1-15(2)8-4-3-5-10-11(13)9(12)6-7-14-10/h6-7H,3-5,8H2,1-2H3. The number of unbranched alkanes of at least 4 members (excludes halogenated alkanes) is 1. The van der Waals surface area contributed by atoms with Crippen molar-refractivity contribution in [3.8, 4) is 0 Å². The summed E-state index contributed by atoms with van der Waals surface area (Å²) in [6, 6.07) is 1.72. The summed E-state index contributed by atoms with van der Waals surface area (Å²) in [5.41, 5.74) is 0.905. The summed E-state index contributed by atoms with van der Waals surface area (Å²) in [6.45, 7) is 1.10. The molecule has 1 rings (SSSR count). The van der Waals surface area contributed by atoms with Gasteiger partial charge in [-0.2, -0.15) is 0 Å². The van der Waals surface area contributed by atoms with Gasteiger partial charge in [-0.3, -0.25) is 4.98 Å². The van der Waals surface area contributed by atoms with Gasteiger partial charge in [-0.15, -0.1) is 0 Å². The van der Waals surface area contributed by atoms with Crippen molar-refractivity contribution in [2.45, 2.75) is 19.3 Å². The number of aryl methyl sites for hydroxylation is 1. The lowest BCUT2D eigenvalue weighted by Gasteiger charge is -2.09. The first kappa shape index (κ1) is 12.8. The van der Waals surface area contributed by atoms with Crippen molar-refractivity contribution in [1.82, 2.24) is 9.88 Å². The van der Waals surface area contributed by atoms with Gasteiger partial charge in [-0.05, 0) is 46.0 Å². The van der Waals surface area contributed by atoms with E-state index in [0.29, 0.717) is 10.0 Å². The smallest absolute Gasteiger partial charge is 0.0807 e. The quantitative estimate of drug-likeness (QED) is 0.742. The topological polar surface area (TPSA) is 16.1 Å². The summed E-state index contributed by atoms with van der Waals surface area (Å²) >= 11 is 11.9. The van der Waals surface area contributed by atoms with Crippen LogP contribution in [0.15, 0.2) is 12.3 Å². The molecule has 0 fully saturated rings. The summed E-state index contributed by atoms with van der Waals surface area (Å²) in [7, 11) is 4.15. The fourth-order valence-corrected chi connectivity index (χ4v) is 1.73. The first-order chi connectivity index (χ1) is 7.11. The van der Waals surface area contributed by atoms with Crippen molar-refractivity contribution in [3.63, 3.8) is 0 Å². The van der Waals surface area contributed by atoms with Crippen LogP contribution in [0.4, 0.5) is 0 Å². The van der Waals surface area contributed by atoms with E-state index < -0.39 is 0 Å². The fourth-order valence-electron chi connectivity index (χ4n) is 1.36. The maximum Gasteiger partial charge on any atom is 0.0807 e. The van der Waals surface area contributed by atoms with Gasteiger partial charge in [0.05, 0.1) is 15.7 Å². The van der Waals surface area contributed by atoms with Gasteiger partial charge in [0.15, 0.2) is 0 Å². The van der Waals surface area contributed by atoms with E-state index in [1.807, 2.05) is 0 Å². The van der Waals surface area contributed by atoms with Gasteiger partial charge in [0, 0.05) is 6.20 Å². The predicted octanol–water partition coefficient (Wildman–Crippen LogP) is 3.27. The number of aromatic nitrogens is 1. The number of hydrogen-bond donors (Lipinski definition) is 0. The third-order valence-corrected chi connectivity index (χ3v) is 3.02. The molecular weight excluding hydrogens is 231 g/mol. The summed E-state index contributed by atoms with van der Waals surface area (Å²) in [5.74, 6) is 0.